The van der Waals surface area contributed by atoms with Crippen molar-refractivity contribution in [2.24, 2.45) is 5.41 Å². The number of esters is 1. The molecule has 1 rings (SSSR count). The second kappa shape index (κ2) is 5.03. The maximum Gasteiger partial charge on any atom is 0.312 e. The number of carbonyl (C=O) groups is 1. The molecule has 0 bridgehead atoms. The van der Waals surface area contributed by atoms with Crippen LogP contribution < -0.4 is 0 Å². The molecule has 0 N–H and O–H groups in total. The quantitative estimate of drug-likeness (QED) is 0.499. The van der Waals surface area contributed by atoms with Crippen LogP contribution in [0.5, 0.6) is 0 Å². The van der Waals surface area contributed by atoms with E-state index in [9.17, 15) is 4.79 Å². The summed E-state index contributed by atoms with van der Waals surface area (Å²) in [5, 5.41) is 0. The summed E-state index contributed by atoms with van der Waals surface area (Å²) < 4.78 is 5.50. The second-order valence-electron chi connectivity index (χ2n) is 5.98. The van der Waals surface area contributed by atoms with Crippen molar-refractivity contribution < 1.29 is 9.53 Å². The summed E-state index contributed by atoms with van der Waals surface area (Å²) in [6.45, 7) is 7.80. The van der Waals surface area contributed by atoms with Gasteiger partial charge in [0.25, 0.3) is 0 Å². The summed E-state index contributed by atoms with van der Waals surface area (Å²) in [7, 11) is 0. The molecule has 0 aromatic rings. The SMILES string of the molecule is CC(C)(C)OC(=O)C1(C)CC=CCCCC1. The van der Waals surface area contributed by atoms with Crippen LogP contribution in [-0.4, -0.2) is 11.6 Å². The molecule has 0 spiro atoms. The van der Waals surface area contributed by atoms with E-state index in [1.165, 1.54) is 6.42 Å². The summed E-state index contributed by atoms with van der Waals surface area (Å²) >= 11 is 0. The van der Waals surface area contributed by atoms with E-state index in [2.05, 4.69) is 12.2 Å². The molecule has 1 aliphatic carbocycles. The van der Waals surface area contributed by atoms with E-state index in [-0.39, 0.29) is 17.0 Å². The lowest BCUT2D eigenvalue weighted by molar-refractivity contribution is -0.167. The highest BCUT2D eigenvalue weighted by molar-refractivity contribution is 5.77. The predicted molar refractivity (Wildman–Crippen MR) is 66.2 cm³/mol. The molecule has 0 aliphatic heterocycles. The molecular weight excluding hydrogens is 200 g/mol. The minimum atomic E-state index is -0.383. The first-order chi connectivity index (χ1) is 7.33. The number of hydrogen-bond acceptors (Lipinski definition) is 2. The number of rotatable bonds is 1. The molecule has 0 heterocycles. The van der Waals surface area contributed by atoms with E-state index in [4.69, 9.17) is 4.74 Å². The van der Waals surface area contributed by atoms with Gasteiger partial charge in [0.1, 0.15) is 5.60 Å². The molecule has 0 fully saturated rings. The van der Waals surface area contributed by atoms with Crippen LogP contribution in [0.1, 0.15) is 59.8 Å². The van der Waals surface area contributed by atoms with Gasteiger partial charge in [-0.25, -0.2) is 0 Å². The van der Waals surface area contributed by atoms with Crippen molar-refractivity contribution in [3.63, 3.8) is 0 Å². The van der Waals surface area contributed by atoms with Crippen LogP contribution >= 0.6 is 0 Å². The minimum absolute atomic E-state index is 0.0495. The Morgan fingerprint density at radius 2 is 1.94 bits per heavy atom. The van der Waals surface area contributed by atoms with Crippen LogP contribution in [0.2, 0.25) is 0 Å². The van der Waals surface area contributed by atoms with Gasteiger partial charge in [-0.3, -0.25) is 4.79 Å². The molecule has 16 heavy (non-hydrogen) atoms. The largest absolute Gasteiger partial charge is 0.460 e. The molecule has 0 aromatic heterocycles. The number of ether oxygens (including phenoxy) is 1. The van der Waals surface area contributed by atoms with Crippen LogP contribution in [0, 0.1) is 5.41 Å². The zero-order chi connectivity index (χ0) is 12.2. The molecule has 92 valence electrons. The van der Waals surface area contributed by atoms with Gasteiger partial charge in [-0.1, -0.05) is 18.6 Å². The first kappa shape index (κ1) is 13.3. The van der Waals surface area contributed by atoms with E-state index in [1.54, 1.807) is 0 Å². The maximum absolute atomic E-state index is 12.1. The molecule has 1 unspecified atom stereocenters. The Morgan fingerprint density at radius 3 is 2.56 bits per heavy atom. The number of carbonyl (C=O) groups excluding carboxylic acids is 1. The lowest BCUT2D eigenvalue weighted by Crippen LogP contribution is -2.35. The van der Waals surface area contributed by atoms with Gasteiger partial charge < -0.3 is 4.74 Å². The van der Waals surface area contributed by atoms with Gasteiger partial charge >= 0.3 is 5.97 Å². The van der Waals surface area contributed by atoms with Crippen LogP contribution in [-0.2, 0) is 9.53 Å². The predicted octanol–water partition coefficient (Wildman–Crippen LogP) is 3.85. The molecule has 2 heteroatoms. The average molecular weight is 224 g/mol. The van der Waals surface area contributed by atoms with E-state index in [0.29, 0.717) is 0 Å². The van der Waals surface area contributed by atoms with Crippen LogP contribution in [0.3, 0.4) is 0 Å². The Hall–Kier alpha value is -0.790. The topological polar surface area (TPSA) is 26.3 Å². The number of allylic oxidation sites excluding steroid dienone is 2. The van der Waals surface area contributed by atoms with Gasteiger partial charge in [0.15, 0.2) is 0 Å². The second-order valence-corrected chi connectivity index (χ2v) is 5.98. The van der Waals surface area contributed by atoms with Crippen molar-refractivity contribution >= 4 is 5.97 Å². The van der Waals surface area contributed by atoms with E-state index in [1.807, 2.05) is 27.7 Å². The Bertz CT molecular complexity index is 273. The Kier molecular flexibility index (Phi) is 4.17. The molecule has 1 atom stereocenters. The van der Waals surface area contributed by atoms with Gasteiger partial charge in [-0.15, -0.1) is 0 Å². The van der Waals surface area contributed by atoms with Gasteiger partial charge in [-0.05, 0) is 53.4 Å². The van der Waals surface area contributed by atoms with Crippen molar-refractivity contribution in [1.82, 2.24) is 0 Å². The van der Waals surface area contributed by atoms with Crippen molar-refractivity contribution in [2.75, 3.05) is 0 Å². The molecule has 0 saturated heterocycles. The monoisotopic (exact) mass is 224 g/mol. The Labute approximate surface area is 99.1 Å². The minimum Gasteiger partial charge on any atom is -0.460 e. The first-order valence-electron chi connectivity index (χ1n) is 6.22. The molecule has 0 saturated carbocycles. The van der Waals surface area contributed by atoms with Gasteiger partial charge in [0.2, 0.25) is 0 Å². The highest BCUT2D eigenvalue weighted by Gasteiger charge is 2.35. The lowest BCUT2D eigenvalue weighted by Gasteiger charge is -2.31. The number of hydrogen-bond donors (Lipinski definition) is 0. The fraction of sp³-hybridized carbons (Fsp3) is 0.786. The smallest absolute Gasteiger partial charge is 0.312 e. The third-order valence-electron chi connectivity index (χ3n) is 2.98. The molecule has 1 aliphatic rings. The van der Waals surface area contributed by atoms with Crippen LogP contribution in [0.4, 0.5) is 0 Å². The summed E-state index contributed by atoms with van der Waals surface area (Å²) in [5.74, 6) is -0.0495. The van der Waals surface area contributed by atoms with Gasteiger partial charge in [-0.2, -0.15) is 0 Å². The molecule has 0 aromatic carbocycles. The third kappa shape index (κ3) is 3.99. The maximum atomic E-state index is 12.1. The van der Waals surface area contributed by atoms with Crippen molar-refractivity contribution in [3.05, 3.63) is 12.2 Å². The fourth-order valence-corrected chi connectivity index (χ4v) is 1.93. The van der Waals surface area contributed by atoms with Gasteiger partial charge in [0, 0.05) is 0 Å². The standard InChI is InChI=1S/C14H24O2/c1-13(2,3)16-12(15)14(4)10-8-6-5-7-9-11-14/h6,8H,5,7,9-11H2,1-4H3. The molecular formula is C14H24O2. The van der Waals surface area contributed by atoms with Crippen LogP contribution in [0.15, 0.2) is 12.2 Å². The summed E-state index contributed by atoms with van der Waals surface area (Å²) in [6.07, 6.45) is 9.48. The fourth-order valence-electron chi connectivity index (χ4n) is 1.93. The highest BCUT2D eigenvalue weighted by Crippen LogP contribution is 2.33. The van der Waals surface area contributed by atoms with Crippen LogP contribution in [0.25, 0.3) is 0 Å². The van der Waals surface area contributed by atoms with Gasteiger partial charge in [0.05, 0.1) is 5.41 Å². The lowest BCUT2D eigenvalue weighted by atomic mass is 9.80. The zero-order valence-corrected chi connectivity index (χ0v) is 11.0. The Balaban J connectivity index is 2.70. The van der Waals surface area contributed by atoms with Crippen molar-refractivity contribution in [2.45, 2.75) is 65.4 Å². The van der Waals surface area contributed by atoms with Crippen molar-refractivity contribution in [3.8, 4) is 0 Å². The normalized spacial score (nSPS) is 27.0. The average Bonchev–Trinajstić information content (AvgIpc) is 2.08. The van der Waals surface area contributed by atoms with E-state index >= 15 is 0 Å². The molecule has 0 amide bonds. The first-order valence-corrected chi connectivity index (χ1v) is 6.22. The van der Waals surface area contributed by atoms with E-state index in [0.717, 1.165) is 25.7 Å². The molecule has 0 radical (unpaired) electrons. The third-order valence-corrected chi connectivity index (χ3v) is 2.98. The molecule has 2 nitrogen and oxygen atoms in total. The summed E-state index contributed by atoms with van der Waals surface area (Å²) in [6, 6.07) is 0. The van der Waals surface area contributed by atoms with E-state index < -0.39 is 0 Å². The Morgan fingerprint density at radius 1 is 1.25 bits per heavy atom. The zero-order valence-electron chi connectivity index (χ0n) is 11.0. The summed E-state index contributed by atoms with van der Waals surface area (Å²) in [4.78, 5) is 12.1. The highest BCUT2D eigenvalue weighted by atomic mass is 16.6. The van der Waals surface area contributed by atoms with Crippen molar-refractivity contribution in [1.29, 1.82) is 0 Å². The summed E-state index contributed by atoms with van der Waals surface area (Å²) in [5.41, 5.74) is -0.712.